The average molecular weight is 360 g/mol. The summed E-state index contributed by atoms with van der Waals surface area (Å²) in [6.45, 7) is -2.62. The standard InChI is InChI=1S/C17H31N3O5/c1-19-12-14-25-13-10-8-6-4-2-3-5-7-9-11-15(21)18-16(19)20(24)17(22)23/h2-14H2,1H3,(H,18,21)(H,22,23)/b20-16+/i1D3. The molecule has 0 bridgehead atoms. The first-order valence-corrected chi connectivity index (χ1v) is 8.96. The van der Waals surface area contributed by atoms with Crippen LogP contribution in [0.15, 0.2) is 0 Å². The van der Waals surface area contributed by atoms with Crippen molar-refractivity contribution in [2.24, 2.45) is 0 Å². The maximum absolute atomic E-state index is 12.2. The van der Waals surface area contributed by atoms with Crippen LogP contribution in [0.2, 0.25) is 0 Å². The number of carbonyl (C=O) groups excluding carboxylic acids is 1. The molecule has 1 saturated heterocycles. The number of carbonyl (C=O) groups is 2. The number of hydrogen-bond donors (Lipinski definition) is 2. The Morgan fingerprint density at radius 1 is 1.16 bits per heavy atom. The first-order valence-electron chi connectivity index (χ1n) is 10.5. The lowest BCUT2D eigenvalue weighted by Crippen LogP contribution is -2.49. The quantitative estimate of drug-likeness (QED) is 0.391. The smallest absolute Gasteiger partial charge is 0.476 e. The van der Waals surface area contributed by atoms with Crippen LogP contribution >= 0.6 is 0 Å². The number of nitrogens with zero attached hydrogens (tertiary/aromatic N) is 2. The van der Waals surface area contributed by atoms with Crippen molar-refractivity contribution >= 4 is 18.0 Å². The second-order valence-electron chi connectivity index (χ2n) is 6.14. The number of likely N-dealkylation sites (N-methyl/N-ethyl adjacent to an activating group) is 1. The molecule has 144 valence electrons. The van der Waals surface area contributed by atoms with Crippen LogP contribution in [0, 0.1) is 5.21 Å². The second kappa shape index (κ2) is 12.5. The molecule has 0 aromatic carbocycles. The Hall–Kier alpha value is -1.83. The topological polar surface area (TPSA) is 105 Å². The van der Waals surface area contributed by atoms with Gasteiger partial charge in [-0.15, -0.1) is 0 Å². The molecule has 0 radical (unpaired) electrons. The third-order valence-electron chi connectivity index (χ3n) is 4.02. The van der Waals surface area contributed by atoms with Crippen molar-refractivity contribution < 1.29 is 28.3 Å². The fraction of sp³-hybridized carbons (Fsp3) is 0.824. The Kier molecular flexibility index (Phi) is 8.33. The highest BCUT2D eigenvalue weighted by atomic mass is 16.5. The van der Waals surface area contributed by atoms with Gasteiger partial charge < -0.3 is 15.1 Å². The van der Waals surface area contributed by atoms with Crippen LogP contribution in [0.1, 0.15) is 68.3 Å². The van der Waals surface area contributed by atoms with Crippen molar-refractivity contribution in [1.82, 2.24) is 10.2 Å². The predicted molar refractivity (Wildman–Crippen MR) is 94.4 cm³/mol. The second-order valence-corrected chi connectivity index (χ2v) is 6.14. The van der Waals surface area contributed by atoms with E-state index in [4.69, 9.17) is 14.0 Å². The maximum Gasteiger partial charge on any atom is 0.476 e. The van der Waals surface area contributed by atoms with Crippen LogP contribution in [-0.2, 0) is 9.53 Å². The van der Waals surface area contributed by atoms with Gasteiger partial charge in [0.2, 0.25) is 0 Å². The number of hydroxylamine groups is 1. The van der Waals surface area contributed by atoms with Gasteiger partial charge in [-0.2, -0.15) is 4.74 Å². The molecule has 0 saturated carbocycles. The number of guanidine groups is 1. The van der Waals surface area contributed by atoms with E-state index < -0.39 is 29.7 Å². The Morgan fingerprint density at radius 3 is 2.36 bits per heavy atom. The van der Waals surface area contributed by atoms with Crippen molar-refractivity contribution in [3.8, 4) is 0 Å². The summed E-state index contributed by atoms with van der Waals surface area (Å²) in [5, 5.41) is 23.1. The van der Waals surface area contributed by atoms with Crippen LogP contribution in [0.3, 0.4) is 0 Å². The molecule has 0 aromatic heterocycles. The molecule has 25 heavy (non-hydrogen) atoms. The zero-order chi connectivity index (χ0) is 21.0. The van der Waals surface area contributed by atoms with Gasteiger partial charge in [-0.25, -0.2) is 10.1 Å². The van der Waals surface area contributed by atoms with E-state index in [1.54, 1.807) is 0 Å². The summed E-state index contributed by atoms with van der Waals surface area (Å²) in [5.74, 6) is -1.41. The Morgan fingerprint density at radius 2 is 1.76 bits per heavy atom. The number of ether oxygens (including phenoxy) is 1. The predicted octanol–water partition coefficient (Wildman–Crippen LogP) is 2.51. The van der Waals surface area contributed by atoms with E-state index in [2.05, 4.69) is 5.32 Å². The minimum atomic E-state index is -2.81. The maximum atomic E-state index is 12.2. The first-order chi connectivity index (χ1) is 13.2. The van der Waals surface area contributed by atoms with Gasteiger partial charge in [0.05, 0.1) is 24.2 Å². The van der Waals surface area contributed by atoms with Crippen LogP contribution < -0.4 is 5.32 Å². The van der Waals surface area contributed by atoms with E-state index in [0.717, 1.165) is 44.9 Å². The van der Waals surface area contributed by atoms with Crippen molar-refractivity contribution in [1.29, 1.82) is 0 Å². The molecule has 1 heterocycles. The number of amides is 2. The van der Waals surface area contributed by atoms with Crippen molar-refractivity contribution in [3.05, 3.63) is 5.21 Å². The molecule has 0 atom stereocenters. The minimum Gasteiger partial charge on any atom is -0.735 e. The number of rotatable bonds is 0. The summed E-state index contributed by atoms with van der Waals surface area (Å²) in [6, 6.07) is 0. The molecular formula is C17H31N3O5. The molecule has 0 unspecified atom stereocenters. The molecule has 1 aliphatic rings. The molecule has 0 aliphatic carbocycles. The lowest BCUT2D eigenvalue weighted by molar-refractivity contribution is -0.378. The summed E-state index contributed by atoms with van der Waals surface area (Å²) in [5.41, 5.74) is 0. The van der Waals surface area contributed by atoms with Crippen molar-refractivity contribution in [3.63, 3.8) is 0 Å². The lowest BCUT2D eigenvalue weighted by Gasteiger charge is -2.19. The Labute approximate surface area is 153 Å². The Bertz CT molecular complexity index is 541. The summed E-state index contributed by atoms with van der Waals surface area (Å²) in [4.78, 5) is 23.9. The van der Waals surface area contributed by atoms with Gasteiger partial charge in [0.1, 0.15) is 0 Å². The summed E-state index contributed by atoms with van der Waals surface area (Å²) >= 11 is 0. The van der Waals surface area contributed by atoms with Gasteiger partial charge in [0.15, 0.2) is 0 Å². The number of hydrogen-bond acceptors (Lipinski definition) is 4. The third kappa shape index (κ3) is 9.28. The van der Waals surface area contributed by atoms with Crippen molar-refractivity contribution in [2.45, 2.75) is 64.2 Å². The van der Waals surface area contributed by atoms with Crippen LogP contribution in [0.5, 0.6) is 0 Å². The Balaban J connectivity index is 2.94. The lowest BCUT2D eigenvalue weighted by atomic mass is 10.1. The van der Waals surface area contributed by atoms with E-state index in [1.807, 2.05) is 0 Å². The summed E-state index contributed by atoms with van der Waals surface area (Å²) in [7, 11) is 0. The number of carboxylic acid groups (broad SMARTS) is 1. The van der Waals surface area contributed by atoms with Gasteiger partial charge in [-0.3, -0.25) is 9.69 Å². The van der Waals surface area contributed by atoms with Crippen LogP contribution in [0.4, 0.5) is 4.79 Å². The highest BCUT2D eigenvalue weighted by Gasteiger charge is 2.22. The molecule has 2 N–H and O–H groups in total. The molecule has 8 heteroatoms. The molecule has 8 nitrogen and oxygen atoms in total. The first kappa shape index (κ1) is 16.6. The molecular weight excluding hydrogens is 326 g/mol. The van der Waals surface area contributed by atoms with Gasteiger partial charge in [0.25, 0.3) is 5.91 Å². The molecule has 0 spiro atoms. The fourth-order valence-electron chi connectivity index (χ4n) is 2.60. The van der Waals surface area contributed by atoms with E-state index >= 15 is 0 Å². The average Bonchev–Trinajstić information content (AvgIpc) is 2.61. The van der Waals surface area contributed by atoms with E-state index in [-0.39, 0.29) is 19.6 Å². The van der Waals surface area contributed by atoms with E-state index in [0.29, 0.717) is 17.9 Å². The van der Waals surface area contributed by atoms with Crippen LogP contribution in [-0.4, -0.2) is 59.4 Å². The highest BCUT2D eigenvalue weighted by molar-refractivity contribution is 5.95. The monoisotopic (exact) mass is 360 g/mol. The van der Waals surface area contributed by atoms with Crippen LogP contribution in [0.25, 0.3) is 0 Å². The number of nitrogens with one attached hydrogen (secondary N) is 1. The molecule has 1 rings (SSSR count). The molecule has 0 aromatic rings. The summed E-state index contributed by atoms with van der Waals surface area (Å²) < 4.78 is 27.8. The largest absolute Gasteiger partial charge is 0.735 e. The third-order valence-corrected chi connectivity index (χ3v) is 4.02. The van der Waals surface area contributed by atoms with Gasteiger partial charge >= 0.3 is 12.1 Å². The van der Waals surface area contributed by atoms with Gasteiger partial charge in [-0.1, -0.05) is 44.9 Å². The normalized spacial score (nSPS) is 24.7. The van der Waals surface area contributed by atoms with E-state index in [9.17, 15) is 14.8 Å². The van der Waals surface area contributed by atoms with Gasteiger partial charge in [-0.05, 0) is 12.8 Å². The molecule has 1 fully saturated rings. The van der Waals surface area contributed by atoms with E-state index in [1.165, 1.54) is 6.42 Å². The minimum absolute atomic E-state index is 0.00871. The fourth-order valence-corrected chi connectivity index (χ4v) is 2.60. The van der Waals surface area contributed by atoms with Gasteiger partial charge in [0, 0.05) is 13.0 Å². The molecule has 2 amide bonds. The highest BCUT2D eigenvalue weighted by Crippen LogP contribution is 2.11. The zero-order valence-corrected chi connectivity index (χ0v) is 14.7. The SMILES string of the molecule is [2H]C([2H])([2H])N1CCOCCCCCCCCCCCC(=O)N/C1=[N+](\[O-])C(=O)O. The summed E-state index contributed by atoms with van der Waals surface area (Å²) in [6.07, 6.45) is 7.02. The molecule has 1 aliphatic heterocycles. The van der Waals surface area contributed by atoms with Crippen molar-refractivity contribution in [2.75, 3.05) is 26.7 Å². The zero-order valence-electron chi connectivity index (χ0n) is 17.7.